The lowest BCUT2D eigenvalue weighted by Gasteiger charge is -2.35. The summed E-state index contributed by atoms with van der Waals surface area (Å²) in [6.07, 6.45) is 6.54. The van der Waals surface area contributed by atoms with E-state index in [1.54, 1.807) is 11.1 Å². The van der Waals surface area contributed by atoms with Crippen LogP contribution in [0.25, 0.3) is 0 Å². The van der Waals surface area contributed by atoms with Crippen molar-refractivity contribution in [3.63, 3.8) is 0 Å². The molecule has 1 saturated heterocycles. The molecule has 0 aromatic heterocycles. The Morgan fingerprint density at radius 1 is 1.19 bits per heavy atom. The fraction of sp³-hybridized carbons (Fsp3) is 0.600. The molecule has 1 aromatic rings. The number of benzene rings is 1. The van der Waals surface area contributed by atoms with E-state index in [0.717, 1.165) is 0 Å². The van der Waals surface area contributed by atoms with Crippen LogP contribution in [0, 0.1) is 0 Å². The Bertz CT molecular complexity index is 383. The zero-order chi connectivity index (χ0) is 11.0. The predicted molar refractivity (Wildman–Crippen MR) is 67.9 cm³/mol. The van der Waals surface area contributed by atoms with Crippen molar-refractivity contribution in [2.75, 3.05) is 13.1 Å². The van der Waals surface area contributed by atoms with Crippen LogP contribution >= 0.6 is 0 Å². The number of hydrogen-bond donors (Lipinski definition) is 1. The minimum atomic E-state index is 0.533. The van der Waals surface area contributed by atoms with Gasteiger partial charge in [0, 0.05) is 0 Å². The predicted octanol–water partition coefficient (Wildman–Crippen LogP) is 2.82. The summed E-state index contributed by atoms with van der Waals surface area (Å²) in [5.74, 6) is 0. The molecular weight excluding hydrogens is 194 g/mol. The molecule has 1 N–H and O–H groups in total. The largest absolute Gasteiger partial charge is 0.317 e. The second-order valence-corrected chi connectivity index (χ2v) is 5.38. The summed E-state index contributed by atoms with van der Waals surface area (Å²) in [6, 6.07) is 7.19. The molecule has 0 amide bonds. The normalized spacial score (nSPS) is 22.3. The number of rotatable bonds is 1. The Balaban J connectivity index is 2.02. The van der Waals surface area contributed by atoms with Crippen molar-refractivity contribution in [2.45, 2.75) is 44.4 Å². The third-order valence-electron chi connectivity index (χ3n) is 4.59. The zero-order valence-electron chi connectivity index (χ0n) is 10.2. The van der Waals surface area contributed by atoms with Gasteiger partial charge in [0.1, 0.15) is 0 Å². The van der Waals surface area contributed by atoms with E-state index in [0.29, 0.717) is 5.41 Å². The van der Waals surface area contributed by atoms with Crippen molar-refractivity contribution < 1.29 is 0 Å². The van der Waals surface area contributed by atoms with Crippen molar-refractivity contribution in [3.05, 3.63) is 34.9 Å². The van der Waals surface area contributed by atoms with Crippen molar-refractivity contribution in [1.29, 1.82) is 0 Å². The molecule has 0 unspecified atom stereocenters. The molecule has 1 nitrogen and oxygen atoms in total. The summed E-state index contributed by atoms with van der Waals surface area (Å²) in [5.41, 5.74) is 5.36. The van der Waals surface area contributed by atoms with Crippen LogP contribution in [0.3, 0.4) is 0 Å². The molecule has 1 spiro atoms. The first-order valence-corrected chi connectivity index (χ1v) is 6.67. The van der Waals surface area contributed by atoms with E-state index in [4.69, 9.17) is 0 Å². The molecule has 1 fully saturated rings. The minimum Gasteiger partial charge on any atom is -0.317 e. The zero-order valence-corrected chi connectivity index (χ0v) is 10.2. The molecule has 2 aliphatic rings. The van der Waals surface area contributed by atoms with E-state index in [-0.39, 0.29) is 0 Å². The molecule has 1 aliphatic heterocycles. The van der Waals surface area contributed by atoms with Gasteiger partial charge >= 0.3 is 0 Å². The monoisotopic (exact) mass is 215 g/mol. The highest BCUT2D eigenvalue weighted by atomic mass is 14.9. The first-order valence-electron chi connectivity index (χ1n) is 6.67. The highest BCUT2D eigenvalue weighted by Gasteiger charge is 2.39. The topological polar surface area (TPSA) is 12.0 Å². The molecule has 0 bridgehead atoms. The Morgan fingerprint density at radius 2 is 2.00 bits per heavy atom. The van der Waals surface area contributed by atoms with Gasteiger partial charge in [0.25, 0.3) is 0 Å². The van der Waals surface area contributed by atoms with Gasteiger partial charge in [-0.3, -0.25) is 0 Å². The number of hydrogen-bond acceptors (Lipinski definition) is 1. The van der Waals surface area contributed by atoms with Gasteiger partial charge < -0.3 is 5.32 Å². The molecule has 0 atom stereocenters. The standard InChI is InChI=1S/C15H21N/c1-2-12-3-4-13-5-6-15(14(13)11-12)7-9-16-10-8-15/h3-4,11,16H,2,5-10H2,1H3. The lowest BCUT2D eigenvalue weighted by molar-refractivity contribution is 0.306. The highest BCUT2D eigenvalue weighted by Crippen LogP contribution is 2.45. The number of piperidine rings is 1. The number of nitrogens with one attached hydrogen (secondary N) is 1. The van der Waals surface area contributed by atoms with E-state index in [1.165, 1.54) is 50.8 Å². The Morgan fingerprint density at radius 3 is 2.75 bits per heavy atom. The van der Waals surface area contributed by atoms with E-state index in [9.17, 15) is 0 Å². The van der Waals surface area contributed by atoms with E-state index in [2.05, 4.69) is 30.4 Å². The Hall–Kier alpha value is -0.820. The van der Waals surface area contributed by atoms with Gasteiger partial charge in [-0.15, -0.1) is 0 Å². The van der Waals surface area contributed by atoms with Crippen LogP contribution in [0.4, 0.5) is 0 Å². The van der Waals surface area contributed by atoms with Gasteiger partial charge in [-0.25, -0.2) is 0 Å². The van der Waals surface area contributed by atoms with Crippen LogP contribution in [0.15, 0.2) is 18.2 Å². The summed E-state index contributed by atoms with van der Waals surface area (Å²) in [4.78, 5) is 0. The first kappa shape index (κ1) is 10.3. The number of aryl methyl sites for hydroxylation is 2. The molecule has 1 heteroatoms. The summed E-state index contributed by atoms with van der Waals surface area (Å²) in [7, 11) is 0. The van der Waals surface area contributed by atoms with Crippen LogP contribution < -0.4 is 5.32 Å². The molecule has 16 heavy (non-hydrogen) atoms. The average Bonchev–Trinajstić information content (AvgIpc) is 2.69. The van der Waals surface area contributed by atoms with E-state index < -0.39 is 0 Å². The second kappa shape index (κ2) is 3.89. The third-order valence-corrected chi connectivity index (χ3v) is 4.59. The van der Waals surface area contributed by atoms with Gasteiger partial charge in [-0.05, 0) is 67.3 Å². The smallest absolute Gasteiger partial charge is 0.00169 e. The molecule has 3 rings (SSSR count). The molecule has 86 valence electrons. The van der Waals surface area contributed by atoms with Gasteiger partial charge in [0.05, 0.1) is 0 Å². The summed E-state index contributed by atoms with van der Waals surface area (Å²) in [5, 5.41) is 3.50. The van der Waals surface area contributed by atoms with Crippen LogP contribution in [-0.2, 0) is 18.3 Å². The van der Waals surface area contributed by atoms with Crippen molar-refractivity contribution in [3.8, 4) is 0 Å². The highest BCUT2D eigenvalue weighted by molar-refractivity contribution is 5.42. The van der Waals surface area contributed by atoms with Crippen molar-refractivity contribution in [2.24, 2.45) is 0 Å². The fourth-order valence-electron chi connectivity index (χ4n) is 3.49. The molecule has 0 saturated carbocycles. The molecule has 0 radical (unpaired) electrons. The van der Waals surface area contributed by atoms with Crippen LogP contribution in [0.2, 0.25) is 0 Å². The summed E-state index contributed by atoms with van der Waals surface area (Å²) in [6.45, 7) is 4.66. The van der Waals surface area contributed by atoms with Crippen molar-refractivity contribution in [1.82, 2.24) is 5.32 Å². The quantitative estimate of drug-likeness (QED) is 0.759. The third kappa shape index (κ3) is 1.49. The second-order valence-electron chi connectivity index (χ2n) is 5.38. The molecular formula is C15H21N. The fourth-order valence-corrected chi connectivity index (χ4v) is 3.49. The maximum Gasteiger partial charge on any atom is -0.00169 e. The lowest BCUT2D eigenvalue weighted by atomic mass is 9.74. The Labute approximate surface area is 98.3 Å². The lowest BCUT2D eigenvalue weighted by Crippen LogP contribution is -2.38. The van der Waals surface area contributed by atoms with Gasteiger partial charge in [0.15, 0.2) is 0 Å². The van der Waals surface area contributed by atoms with Gasteiger partial charge in [-0.1, -0.05) is 25.1 Å². The summed E-state index contributed by atoms with van der Waals surface area (Å²) < 4.78 is 0. The molecule has 1 aliphatic carbocycles. The SMILES string of the molecule is CCc1ccc2c(c1)C1(CCNCC1)CC2. The van der Waals surface area contributed by atoms with Gasteiger partial charge in [0.2, 0.25) is 0 Å². The molecule has 1 heterocycles. The van der Waals surface area contributed by atoms with Gasteiger partial charge in [-0.2, -0.15) is 0 Å². The van der Waals surface area contributed by atoms with Crippen LogP contribution in [0.5, 0.6) is 0 Å². The van der Waals surface area contributed by atoms with Crippen LogP contribution in [-0.4, -0.2) is 13.1 Å². The first-order chi connectivity index (χ1) is 7.84. The number of fused-ring (bicyclic) bond motifs is 2. The van der Waals surface area contributed by atoms with Crippen molar-refractivity contribution >= 4 is 0 Å². The maximum atomic E-state index is 3.50. The minimum absolute atomic E-state index is 0.533. The maximum absolute atomic E-state index is 3.50. The van der Waals surface area contributed by atoms with Crippen LogP contribution in [0.1, 0.15) is 42.9 Å². The Kier molecular flexibility index (Phi) is 2.51. The summed E-state index contributed by atoms with van der Waals surface area (Å²) >= 11 is 0. The van der Waals surface area contributed by atoms with E-state index in [1.807, 2.05) is 0 Å². The van der Waals surface area contributed by atoms with E-state index >= 15 is 0 Å². The molecule has 1 aromatic carbocycles. The average molecular weight is 215 g/mol.